The van der Waals surface area contributed by atoms with Crippen molar-refractivity contribution in [3.63, 3.8) is 0 Å². The first kappa shape index (κ1) is 28.4. The first-order valence-corrected chi connectivity index (χ1v) is 15.3. The van der Waals surface area contributed by atoms with Crippen LogP contribution in [0.3, 0.4) is 0 Å². The zero-order valence-corrected chi connectivity index (χ0v) is 24.5. The Hall–Kier alpha value is -4.68. The number of aromatic nitrogens is 2. The molecule has 0 bridgehead atoms. The fourth-order valence-corrected chi connectivity index (χ4v) is 7.10. The summed E-state index contributed by atoms with van der Waals surface area (Å²) in [5.74, 6) is -1.77. The Labute approximate surface area is 255 Å². The van der Waals surface area contributed by atoms with E-state index >= 15 is 0 Å². The zero-order valence-electron chi connectivity index (χ0n) is 22.9. The van der Waals surface area contributed by atoms with Gasteiger partial charge in [0.25, 0.3) is 5.91 Å². The summed E-state index contributed by atoms with van der Waals surface area (Å²) >= 11 is 2.86. The van der Waals surface area contributed by atoms with E-state index in [4.69, 9.17) is 9.47 Å². The lowest BCUT2D eigenvalue weighted by Crippen LogP contribution is -2.70. The van der Waals surface area contributed by atoms with Gasteiger partial charge in [0.15, 0.2) is 6.10 Å². The molecule has 2 amide bonds. The largest absolute Gasteiger partial charge is 0.464 e. The maximum Gasteiger partial charge on any atom is 0.356 e. The van der Waals surface area contributed by atoms with Crippen molar-refractivity contribution in [3.05, 3.63) is 117 Å². The molecule has 4 heterocycles. The molecule has 4 aromatic rings. The third kappa shape index (κ3) is 5.71. The molecule has 2 aliphatic rings. The topological polar surface area (TPSA) is 131 Å². The second kappa shape index (κ2) is 12.3. The molecule has 2 aromatic carbocycles. The van der Waals surface area contributed by atoms with Gasteiger partial charge in [-0.3, -0.25) is 19.6 Å². The van der Waals surface area contributed by atoms with Crippen molar-refractivity contribution < 1.29 is 28.7 Å². The number of amides is 2. The first-order valence-electron chi connectivity index (χ1n) is 13.4. The molecule has 12 heteroatoms. The third-order valence-corrected chi connectivity index (χ3v) is 9.27. The van der Waals surface area contributed by atoms with Crippen LogP contribution < -0.4 is 5.32 Å². The fourth-order valence-electron chi connectivity index (χ4n) is 5.04. The molecule has 1 saturated heterocycles. The molecule has 2 aromatic heterocycles. The molecule has 2 N–H and O–H groups in total. The molecular weight excluding hydrogens is 588 g/mol. The van der Waals surface area contributed by atoms with E-state index in [1.165, 1.54) is 41.2 Å². The summed E-state index contributed by atoms with van der Waals surface area (Å²) in [6, 6.07) is 23.0. The van der Waals surface area contributed by atoms with Crippen LogP contribution >= 0.6 is 23.1 Å². The average Bonchev–Trinajstić information content (AvgIpc) is 3.75. The number of β-lactam (4-membered cyclic amide) rings is 1. The number of fused-ring (bicyclic) bond motifs is 1. The number of hydrogen-bond acceptors (Lipinski definition) is 9. The molecule has 10 nitrogen and oxygen atoms in total. The summed E-state index contributed by atoms with van der Waals surface area (Å²) in [6.45, 7) is 0. The SMILES string of the molecule is COC(=O)c1cc(C2=C(C(=O)OC(c3ccccc3)c3ccccc3)N3C(=O)[C@@H](NC(=O)Cc4cccs4)[C@H]3SC2)n[nH]1. The number of ether oxygens (including phenoxy) is 2. The van der Waals surface area contributed by atoms with Gasteiger partial charge in [-0.1, -0.05) is 66.7 Å². The van der Waals surface area contributed by atoms with Gasteiger partial charge in [0.2, 0.25) is 5.91 Å². The van der Waals surface area contributed by atoms with E-state index < -0.39 is 35.4 Å². The molecule has 218 valence electrons. The lowest BCUT2D eigenvalue weighted by Gasteiger charge is -2.49. The minimum atomic E-state index is -0.800. The number of nitrogens with one attached hydrogen (secondary N) is 2. The van der Waals surface area contributed by atoms with Crippen LogP contribution in [0.15, 0.2) is 89.9 Å². The average molecular weight is 615 g/mol. The molecule has 0 saturated carbocycles. The molecule has 0 aliphatic carbocycles. The number of benzene rings is 2. The molecule has 0 spiro atoms. The Kier molecular flexibility index (Phi) is 8.12. The number of H-pyrrole nitrogens is 1. The number of thioether (sulfide) groups is 1. The van der Waals surface area contributed by atoms with E-state index in [1.54, 1.807) is 0 Å². The highest BCUT2D eigenvalue weighted by molar-refractivity contribution is 8.00. The molecule has 6 rings (SSSR count). The van der Waals surface area contributed by atoms with Gasteiger partial charge in [-0.05, 0) is 28.6 Å². The Bertz CT molecular complexity index is 1650. The highest BCUT2D eigenvalue weighted by Gasteiger charge is 2.55. The van der Waals surface area contributed by atoms with E-state index in [9.17, 15) is 19.2 Å². The number of methoxy groups -OCH3 is 1. The monoisotopic (exact) mass is 614 g/mol. The molecule has 2 atom stereocenters. The van der Waals surface area contributed by atoms with Gasteiger partial charge in [0, 0.05) is 16.2 Å². The van der Waals surface area contributed by atoms with E-state index in [2.05, 4.69) is 15.5 Å². The van der Waals surface area contributed by atoms with E-state index in [1.807, 2.05) is 78.2 Å². The number of hydrogen-bond donors (Lipinski definition) is 2. The molecule has 2 aliphatic heterocycles. The minimum absolute atomic E-state index is 0.0253. The summed E-state index contributed by atoms with van der Waals surface area (Å²) in [7, 11) is 1.25. The fraction of sp³-hybridized carbons (Fsp3) is 0.194. The molecular formula is C31H26N4O6S2. The number of thiophene rings is 1. The second-order valence-corrected chi connectivity index (χ2v) is 11.9. The van der Waals surface area contributed by atoms with Gasteiger partial charge in [0.1, 0.15) is 22.8 Å². The normalized spacial score (nSPS) is 17.7. The summed E-state index contributed by atoms with van der Waals surface area (Å²) in [5.41, 5.74) is 2.38. The number of carbonyl (C=O) groups is 4. The summed E-state index contributed by atoms with van der Waals surface area (Å²) in [5, 5.41) is 11.1. The minimum Gasteiger partial charge on any atom is -0.464 e. The maximum absolute atomic E-state index is 14.1. The lowest BCUT2D eigenvalue weighted by molar-refractivity contribution is -0.154. The van der Waals surface area contributed by atoms with Crippen LogP contribution in [0.5, 0.6) is 0 Å². The van der Waals surface area contributed by atoms with E-state index in [-0.39, 0.29) is 29.5 Å². The van der Waals surface area contributed by atoms with E-state index in [0.717, 1.165) is 16.0 Å². The maximum atomic E-state index is 14.1. The Morgan fingerprint density at radius 2 is 1.72 bits per heavy atom. The number of aromatic amines is 1. The Morgan fingerprint density at radius 1 is 1.02 bits per heavy atom. The van der Waals surface area contributed by atoms with Crippen LogP contribution in [-0.4, -0.2) is 63.1 Å². The van der Waals surface area contributed by atoms with Crippen LogP contribution in [0.2, 0.25) is 0 Å². The van der Waals surface area contributed by atoms with Crippen molar-refractivity contribution in [1.29, 1.82) is 0 Å². The predicted molar refractivity (Wildman–Crippen MR) is 161 cm³/mol. The van der Waals surface area contributed by atoms with Gasteiger partial charge in [0.05, 0.1) is 19.2 Å². The van der Waals surface area contributed by atoms with Crippen molar-refractivity contribution >= 4 is 52.4 Å². The van der Waals surface area contributed by atoms with Gasteiger partial charge in [-0.25, -0.2) is 9.59 Å². The third-order valence-electron chi connectivity index (χ3n) is 7.11. The number of carbonyl (C=O) groups excluding carboxylic acids is 4. The molecule has 0 radical (unpaired) electrons. The van der Waals surface area contributed by atoms with Gasteiger partial charge in [-0.15, -0.1) is 23.1 Å². The highest BCUT2D eigenvalue weighted by Crippen LogP contribution is 2.44. The van der Waals surface area contributed by atoms with Crippen LogP contribution in [0.1, 0.15) is 38.3 Å². The van der Waals surface area contributed by atoms with Crippen LogP contribution in [0.4, 0.5) is 0 Å². The Balaban J connectivity index is 1.33. The lowest BCUT2D eigenvalue weighted by atomic mass is 9.99. The van der Waals surface area contributed by atoms with Crippen molar-refractivity contribution in [1.82, 2.24) is 20.4 Å². The van der Waals surface area contributed by atoms with Crippen molar-refractivity contribution in [2.45, 2.75) is 23.9 Å². The van der Waals surface area contributed by atoms with E-state index in [0.29, 0.717) is 11.3 Å². The molecule has 0 unspecified atom stereocenters. The number of nitrogens with zero attached hydrogens (tertiary/aromatic N) is 2. The van der Waals surface area contributed by atoms with Gasteiger partial charge >= 0.3 is 11.9 Å². The van der Waals surface area contributed by atoms with Crippen molar-refractivity contribution in [3.8, 4) is 0 Å². The quantitative estimate of drug-likeness (QED) is 0.214. The number of esters is 2. The Morgan fingerprint density at radius 3 is 2.35 bits per heavy atom. The number of rotatable bonds is 9. The van der Waals surface area contributed by atoms with Crippen LogP contribution in [0, 0.1) is 0 Å². The molecule has 1 fully saturated rings. The predicted octanol–water partition coefficient (Wildman–Crippen LogP) is 3.94. The second-order valence-electron chi connectivity index (χ2n) is 9.80. The molecule has 43 heavy (non-hydrogen) atoms. The van der Waals surface area contributed by atoms with Crippen molar-refractivity contribution in [2.24, 2.45) is 0 Å². The summed E-state index contributed by atoms with van der Waals surface area (Å²) in [6.07, 6.45) is -0.590. The van der Waals surface area contributed by atoms with Gasteiger partial charge in [-0.2, -0.15) is 5.10 Å². The van der Waals surface area contributed by atoms with Gasteiger partial charge < -0.3 is 14.8 Å². The summed E-state index contributed by atoms with van der Waals surface area (Å²) < 4.78 is 11.0. The summed E-state index contributed by atoms with van der Waals surface area (Å²) in [4.78, 5) is 54.8. The highest BCUT2D eigenvalue weighted by atomic mass is 32.2. The smallest absolute Gasteiger partial charge is 0.356 e. The zero-order chi connectivity index (χ0) is 29.9. The standard InChI is InChI=1S/C31H26N4O6S2/c1-40-30(38)23-16-22(33-34-23)21-17-43-29-25(32-24(36)15-20-13-8-14-42-20)28(37)35(29)26(21)31(39)41-27(18-9-4-2-5-10-18)19-11-6-3-7-12-19/h2-14,16,25,27,29H,15,17H2,1H3,(H,32,36)(H,33,34)/t25-,29-/m1/s1. The first-order chi connectivity index (χ1) is 20.9. The van der Waals surface area contributed by atoms with Crippen LogP contribution in [0.25, 0.3) is 5.57 Å². The van der Waals surface area contributed by atoms with Crippen molar-refractivity contribution in [2.75, 3.05) is 12.9 Å². The van der Waals surface area contributed by atoms with Crippen LogP contribution in [-0.2, 0) is 30.3 Å².